The molecule has 0 spiro atoms. The number of methoxy groups -OCH3 is 2. The second-order valence-corrected chi connectivity index (χ2v) is 17.4. The van der Waals surface area contributed by atoms with E-state index in [0.29, 0.717) is 42.5 Å². The lowest BCUT2D eigenvalue weighted by Gasteiger charge is -2.13. The van der Waals surface area contributed by atoms with Gasteiger partial charge < -0.3 is 23.9 Å². The third-order valence-corrected chi connectivity index (χ3v) is 13.9. The summed E-state index contributed by atoms with van der Waals surface area (Å²) >= 11 is 12.4. The van der Waals surface area contributed by atoms with Crippen LogP contribution >= 0.6 is 46.5 Å². The van der Waals surface area contributed by atoms with Crippen molar-refractivity contribution in [2.75, 3.05) is 20.8 Å². The van der Waals surface area contributed by atoms with Crippen molar-refractivity contribution >= 4 is 74.2 Å². The Morgan fingerprint density at radius 2 is 1.81 bits per heavy atom. The molecule has 3 aromatic carbocycles. The molecule has 0 aliphatic rings. The molecule has 14 heteroatoms. The second kappa shape index (κ2) is 18.6. The number of ether oxygens (including phenoxy) is 3. The van der Waals surface area contributed by atoms with Gasteiger partial charge >= 0.3 is 5.97 Å². The smallest absolute Gasteiger partial charge is 0.354 e. The van der Waals surface area contributed by atoms with Gasteiger partial charge in [0.15, 0.2) is 0 Å². The summed E-state index contributed by atoms with van der Waals surface area (Å²) in [4.78, 5) is 25.0. The van der Waals surface area contributed by atoms with E-state index in [9.17, 15) is 9.90 Å². The second-order valence-electron chi connectivity index (χ2n) is 13.8. The number of nitrogens with zero attached hydrogens (tertiary/aromatic N) is 5. The monoisotopic (exact) mass is 855 g/mol. The number of rotatable bonds is 17. The summed E-state index contributed by atoms with van der Waals surface area (Å²) in [7, 11) is 4.93. The highest BCUT2D eigenvalue weighted by molar-refractivity contribution is 7.98. The average Bonchev–Trinajstić information content (AvgIpc) is 3.86. The Bertz CT molecular complexity index is 2580. The molecule has 0 saturated heterocycles. The Morgan fingerprint density at radius 3 is 2.55 bits per heavy atom. The van der Waals surface area contributed by atoms with Gasteiger partial charge in [0.2, 0.25) is 0 Å². The number of esters is 1. The Kier molecular flexibility index (Phi) is 13.3. The van der Waals surface area contributed by atoms with Crippen LogP contribution in [-0.4, -0.2) is 56.2 Å². The molecule has 1 N–H and O–H groups in total. The molecule has 4 aromatic heterocycles. The predicted octanol–water partition coefficient (Wildman–Crippen LogP) is 10.4. The lowest BCUT2D eigenvalue weighted by molar-refractivity contribution is 0.0589. The fourth-order valence-electron chi connectivity index (χ4n) is 7.34. The van der Waals surface area contributed by atoms with E-state index in [1.165, 1.54) is 12.0 Å². The quantitative estimate of drug-likeness (QED) is 0.0702. The molecule has 0 radical (unpaired) electrons. The number of pyridine rings is 1. The molecule has 58 heavy (non-hydrogen) atoms. The van der Waals surface area contributed by atoms with Crippen LogP contribution in [0, 0.1) is 13.8 Å². The lowest BCUT2D eigenvalue weighted by Crippen LogP contribution is -2.10. The summed E-state index contributed by atoms with van der Waals surface area (Å²) in [5, 5.41) is 18.2. The van der Waals surface area contributed by atoms with E-state index in [4.69, 9.17) is 35.9 Å². The first kappa shape index (κ1) is 41.6. The average molecular weight is 857 g/mol. The van der Waals surface area contributed by atoms with Crippen molar-refractivity contribution in [3.8, 4) is 22.6 Å². The van der Waals surface area contributed by atoms with E-state index < -0.39 is 5.97 Å². The maximum Gasteiger partial charge on any atom is 0.354 e. The van der Waals surface area contributed by atoms with Crippen LogP contribution in [0.5, 0.6) is 11.5 Å². The molecular formula is C44H46ClN5O5S3. The van der Waals surface area contributed by atoms with Gasteiger partial charge in [0, 0.05) is 75.3 Å². The molecule has 0 amide bonds. The van der Waals surface area contributed by atoms with Gasteiger partial charge in [-0.2, -0.15) is 5.10 Å². The van der Waals surface area contributed by atoms with Gasteiger partial charge in [-0.05, 0) is 81.1 Å². The number of thiazole rings is 1. The molecule has 0 unspecified atom stereocenters. The number of carbonyl (C=O) groups excluding carboxylic acids is 1. The van der Waals surface area contributed by atoms with Crippen LogP contribution in [0.3, 0.4) is 0 Å². The highest BCUT2D eigenvalue weighted by atomic mass is 35.5. The maximum atomic E-state index is 13.1. The summed E-state index contributed by atoms with van der Waals surface area (Å²) in [6, 6.07) is 20.0. The number of thioether (sulfide) groups is 2. The van der Waals surface area contributed by atoms with Crippen molar-refractivity contribution in [2.45, 2.75) is 68.9 Å². The third-order valence-electron chi connectivity index (χ3n) is 10.1. The molecule has 0 atom stereocenters. The van der Waals surface area contributed by atoms with Crippen molar-refractivity contribution in [1.29, 1.82) is 0 Å². The molecular weight excluding hydrogens is 810 g/mol. The van der Waals surface area contributed by atoms with Crippen molar-refractivity contribution in [3.05, 3.63) is 116 Å². The first-order chi connectivity index (χ1) is 28.1. The number of aromatic nitrogens is 5. The van der Waals surface area contributed by atoms with Gasteiger partial charge in [-0.1, -0.05) is 35.9 Å². The standard InChI is InChI=1S/C44H46ClN5O5S3/c1-7-50-35(39(27(3)48-50)40-34(45)17-16-33-32(11-9-19-51)43(44(52)54-6)49(4)42(33)40)23-56-25-38-47-26(2)37(58-38)24-57-31-20-29-10-8-18-46-41(29)36(21-31)55-22-28-12-14-30(53-5)15-13-28/h8,10,12-18,20-21,51H,7,9,11,19,22-25H2,1-6H3. The van der Waals surface area contributed by atoms with Gasteiger partial charge in [-0.3, -0.25) is 9.67 Å². The zero-order valence-electron chi connectivity index (χ0n) is 33.4. The minimum Gasteiger partial charge on any atom is -0.497 e. The SMILES string of the molecule is CCn1nc(C)c(-c2c(Cl)ccc3c(CCCO)c(C(=O)OC)n(C)c23)c1CSCc1nc(C)c(CSc2cc(OCc3ccc(OC)cc3)c3ncccc3c2)s1. The Balaban J connectivity index is 1.09. The molecule has 0 bridgehead atoms. The van der Waals surface area contributed by atoms with Gasteiger partial charge in [-0.25, -0.2) is 9.78 Å². The minimum absolute atomic E-state index is 0.0193. The fourth-order valence-corrected chi connectivity index (χ4v) is 10.9. The van der Waals surface area contributed by atoms with Crippen LogP contribution in [0.2, 0.25) is 5.02 Å². The van der Waals surface area contributed by atoms with Crippen molar-refractivity contribution in [1.82, 2.24) is 24.3 Å². The summed E-state index contributed by atoms with van der Waals surface area (Å²) in [6.45, 7) is 7.33. The number of aliphatic hydroxyl groups excluding tert-OH is 1. The molecule has 302 valence electrons. The summed E-state index contributed by atoms with van der Waals surface area (Å²) < 4.78 is 20.8. The Labute approximate surface area is 355 Å². The van der Waals surface area contributed by atoms with E-state index in [0.717, 1.165) is 94.0 Å². The highest BCUT2D eigenvalue weighted by Crippen LogP contribution is 2.43. The number of halogens is 1. The van der Waals surface area contributed by atoms with E-state index in [2.05, 4.69) is 37.0 Å². The third kappa shape index (κ3) is 8.60. The van der Waals surface area contributed by atoms with Crippen LogP contribution in [0.15, 0.2) is 71.8 Å². The first-order valence-electron chi connectivity index (χ1n) is 19.0. The molecule has 0 saturated carbocycles. The van der Waals surface area contributed by atoms with E-state index in [1.807, 2.05) is 65.7 Å². The molecule has 0 aliphatic heterocycles. The molecule has 0 fully saturated rings. The number of aryl methyl sites for hydroxylation is 5. The van der Waals surface area contributed by atoms with Gasteiger partial charge in [-0.15, -0.1) is 34.9 Å². The number of fused-ring (bicyclic) bond motifs is 2. The number of hydrogen-bond acceptors (Lipinski definition) is 11. The summed E-state index contributed by atoms with van der Waals surface area (Å²) in [5.74, 6) is 3.37. The van der Waals surface area contributed by atoms with Crippen LogP contribution < -0.4 is 9.47 Å². The van der Waals surface area contributed by atoms with Gasteiger partial charge in [0.1, 0.15) is 34.3 Å². The van der Waals surface area contributed by atoms with Crippen molar-refractivity contribution in [3.63, 3.8) is 0 Å². The zero-order chi connectivity index (χ0) is 40.9. The molecule has 10 nitrogen and oxygen atoms in total. The van der Waals surface area contributed by atoms with Crippen LogP contribution in [-0.2, 0) is 48.6 Å². The molecule has 7 rings (SSSR count). The van der Waals surface area contributed by atoms with Crippen molar-refractivity contribution < 1.29 is 24.1 Å². The van der Waals surface area contributed by atoms with Crippen molar-refractivity contribution in [2.24, 2.45) is 7.05 Å². The van der Waals surface area contributed by atoms with E-state index >= 15 is 0 Å². The Morgan fingerprint density at radius 1 is 1.00 bits per heavy atom. The molecule has 7 aromatic rings. The predicted molar refractivity (Wildman–Crippen MR) is 237 cm³/mol. The fraction of sp³-hybridized carbons (Fsp3) is 0.318. The maximum absolute atomic E-state index is 13.1. The van der Waals surface area contributed by atoms with Crippen LogP contribution in [0.4, 0.5) is 0 Å². The number of carbonyl (C=O) groups is 1. The number of hydrogen-bond donors (Lipinski definition) is 1. The first-order valence-corrected chi connectivity index (χ1v) is 22.3. The number of benzene rings is 3. The lowest BCUT2D eigenvalue weighted by atomic mass is 9.98. The number of aliphatic hydroxyl groups is 1. The Hall–Kier alpha value is -4.53. The minimum atomic E-state index is -0.420. The molecule has 4 heterocycles. The summed E-state index contributed by atoms with van der Waals surface area (Å²) in [6.07, 6.45) is 2.85. The largest absolute Gasteiger partial charge is 0.497 e. The van der Waals surface area contributed by atoms with Crippen LogP contribution in [0.25, 0.3) is 32.9 Å². The molecule has 0 aliphatic carbocycles. The van der Waals surface area contributed by atoms with Gasteiger partial charge in [0.05, 0.1) is 41.8 Å². The van der Waals surface area contributed by atoms with Gasteiger partial charge in [0.25, 0.3) is 0 Å². The van der Waals surface area contributed by atoms with E-state index in [-0.39, 0.29) is 6.61 Å². The van der Waals surface area contributed by atoms with Crippen LogP contribution in [0.1, 0.15) is 61.9 Å². The zero-order valence-corrected chi connectivity index (χ0v) is 36.6. The highest BCUT2D eigenvalue weighted by Gasteiger charge is 2.28. The normalized spacial score (nSPS) is 11.5. The van der Waals surface area contributed by atoms with E-state index in [1.54, 1.807) is 48.2 Å². The topological polar surface area (TPSA) is 114 Å². The summed E-state index contributed by atoms with van der Waals surface area (Å²) in [5.41, 5.74) is 8.85.